The number of hydrogen-bond donors (Lipinski definition) is 1. The summed E-state index contributed by atoms with van der Waals surface area (Å²) in [5, 5.41) is 8.85. The quantitative estimate of drug-likeness (QED) is 0.701. The molecule has 0 fully saturated rings. The van der Waals surface area contributed by atoms with E-state index in [-0.39, 0.29) is 0 Å². The maximum absolute atomic E-state index is 10.8. The Morgan fingerprint density at radius 3 is 3.07 bits per heavy atom. The SMILES string of the molecule is C#Cc1cccc2c1OC(C(=O)O)CC2. The molecule has 1 aromatic rings. The molecule has 0 bridgehead atoms. The van der Waals surface area contributed by atoms with E-state index in [0.29, 0.717) is 24.2 Å². The fraction of sp³-hybridized carbons (Fsp3) is 0.250. The molecule has 15 heavy (non-hydrogen) atoms. The van der Waals surface area contributed by atoms with Gasteiger partial charge in [-0.15, -0.1) is 6.42 Å². The van der Waals surface area contributed by atoms with Gasteiger partial charge in [-0.25, -0.2) is 4.79 Å². The van der Waals surface area contributed by atoms with Crippen LogP contribution in [-0.2, 0) is 11.2 Å². The van der Waals surface area contributed by atoms with E-state index in [1.165, 1.54) is 0 Å². The largest absolute Gasteiger partial charge is 0.479 e. The number of carbonyl (C=O) groups is 1. The van der Waals surface area contributed by atoms with Crippen molar-refractivity contribution in [2.45, 2.75) is 18.9 Å². The highest BCUT2D eigenvalue weighted by molar-refractivity contribution is 5.73. The van der Waals surface area contributed by atoms with Crippen LogP contribution in [0.3, 0.4) is 0 Å². The molecule has 1 heterocycles. The Labute approximate surface area is 87.7 Å². The molecule has 3 nitrogen and oxygen atoms in total. The molecule has 1 atom stereocenters. The summed E-state index contributed by atoms with van der Waals surface area (Å²) in [4.78, 5) is 10.8. The van der Waals surface area contributed by atoms with Crippen LogP contribution in [0, 0.1) is 12.3 Å². The Kier molecular flexibility index (Phi) is 2.34. The van der Waals surface area contributed by atoms with Crippen LogP contribution in [-0.4, -0.2) is 17.2 Å². The van der Waals surface area contributed by atoms with Gasteiger partial charge in [-0.1, -0.05) is 18.1 Å². The van der Waals surface area contributed by atoms with E-state index < -0.39 is 12.1 Å². The van der Waals surface area contributed by atoms with Gasteiger partial charge in [0, 0.05) is 0 Å². The summed E-state index contributed by atoms with van der Waals surface area (Å²) in [7, 11) is 0. The van der Waals surface area contributed by atoms with Crippen molar-refractivity contribution >= 4 is 5.97 Å². The zero-order chi connectivity index (χ0) is 10.8. The minimum atomic E-state index is -0.938. The maximum Gasteiger partial charge on any atom is 0.344 e. The second kappa shape index (κ2) is 3.66. The molecule has 0 aromatic heterocycles. The topological polar surface area (TPSA) is 46.5 Å². The first-order chi connectivity index (χ1) is 7.22. The first-order valence-corrected chi connectivity index (χ1v) is 4.70. The number of rotatable bonds is 1. The molecule has 0 aliphatic carbocycles. The number of aliphatic carboxylic acids is 1. The van der Waals surface area contributed by atoms with Crippen LogP contribution in [0.15, 0.2) is 18.2 Å². The summed E-state index contributed by atoms with van der Waals surface area (Å²) in [6, 6.07) is 5.52. The first-order valence-electron chi connectivity index (χ1n) is 4.70. The van der Waals surface area contributed by atoms with Gasteiger partial charge in [0.2, 0.25) is 0 Å². The van der Waals surface area contributed by atoms with Gasteiger partial charge in [0.25, 0.3) is 0 Å². The normalized spacial score (nSPS) is 18.5. The van der Waals surface area contributed by atoms with Crippen molar-refractivity contribution in [3.63, 3.8) is 0 Å². The summed E-state index contributed by atoms with van der Waals surface area (Å²) in [5.74, 6) is 2.11. The van der Waals surface area contributed by atoms with E-state index in [2.05, 4.69) is 5.92 Å². The lowest BCUT2D eigenvalue weighted by molar-refractivity contribution is -0.145. The van der Waals surface area contributed by atoms with Gasteiger partial charge >= 0.3 is 5.97 Å². The standard InChI is InChI=1S/C12H10O3/c1-2-8-4-3-5-9-6-7-10(12(13)14)15-11(8)9/h1,3-5,10H,6-7H2,(H,13,14). The van der Waals surface area contributed by atoms with Crippen molar-refractivity contribution in [3.8, 4) is 18.1 Å². The molecular weight excluding hydrogens is 192 g/mol. The van der Waals surface area contributed by atoms with E-state index in [0.717, 1.165) is 5.56 Å². The third-order valence-corrected chi connectivity index (χ3v) is 2.46. The van der Waals surface area contributed by atoms with E-state index >= 15 is 0 Å². The number of hydrogen-bond acceptors (Lipinski definition) is 2. The summed E-state index contributed by atoms with van der Waals surface area (Å²) in [6.07, 6.45) is 5.74. The number of fused-ring (bicyclic) bond motifs is 1. The van der Waals surface area contributed by atoms with Gasteiger partial charge in [0.05, 0.1) is 5.56 Å². The van der Waals surface area contributed by atoms with Crippen molar-refractivity contribution in [1.29, 1.82) is 0 Å². The highest BCUT2D eigenvalue weighted by Crippen LogP contribution is 2.30. The third kappa shape index (κ3) is 1.66. The Bertz CT molecular complexity index is 443. The van der Waals surface area contributed by atoms with Crippen molar-refractivity contribution in [1.82, 2.24) is 0 Å². The minimum absolute atomic E-state index is 0.496. The van der Waals surface area contributed by atoms with Crippen molar-refractivity contribution in [3.05, 3.63) is 29.3 Å². The smallest absolute Gasteiger partial charge is 0.344 e. The number of carboxylic acids is 1. The van der Waals surface area contributed by atoms with Gasteiger partial charge in [-0.3, -0.25) is 0 Å². The molecule has 76 valence electrons. The number of benzene rings is 1. The molecule has 0 spiro atoms. The van der Waals surface area contributed by atoms with Crippen LogP contribution in [0.4, 0.5) is 0 Å². The van der Waals surface area contributed by atoms with Gasteiger partial charge < -0.3 is 9.84 Å². The molecule has 2 rings (SSSR count). The minimum Gasteiger partial charge on any atom is -0.479 e. The summed E-state index contributed by atoms with van der Waals surface area (Å²) >= 11 is 0. The van der Waals surface area contributed by atoms with Crippen LogP contribution >= 0.6 is 0 Å². The fourth-order valence-electron chi connectivity index (χ4n) is 1.70. The van der Waals surface area contributed by atoms with Crippen molar-refractivity contribution < 1.29 is 14.6 Å². The Balaban J connectivity index is 2.39. The lowest BCUT2D eigenvalue weighted by Gasteiger charge is -2.23. The predicted octanol–water partition coefficient (Wildman–Crippen LogP) is 1.45. The highest BCUT2D eigenvalue weighted by Gasteiger charge is 2.26. The van der Waals surface area contributed by atoms with Crippen molar-refractivity contribution in [2.75, 3.05) is 0 Å². The number of aryl methyl sites for hydroxylation is 1. The Morgan fingerprint density at radius 2 is 2.40 bits per heavy atom. The van der Waals surface area contributed by atoms with Crippen LogP contribution in [0.25, 0.3) is 0 Å². The molecule has 1 N–H and O–H groups in total. The second-order valence-electron chi connectivity index (χ2n) is 3.42. The van der Waals surface area contributed by atoms with Gasteiger partial charge in [-0.2, -0.15) is 0 Å². The van der Waals surface area contributed by atoms with Crippen LogP contribution in [0.2, 0.25) is 0 Å². The zero-order valence-corrected chi connectivity index (χ0v) is 8.06. The molecule has 3 heteroatoms. The van der Waals surface area contributed by atoms with Crippen molar-refractivity contribution in [2.24, 2.45) is 0 Å². The number of terminal acetylenes is 1. The molecule has 0 saturated heterocycles. The lowest BCUT2D eigenvalue weighted by atomic mass is 9.99. The van der Waals surface area contributed by atoms with E-state index in [1.807, 2.05) is 12.1 Å². The van der Waals surface area contributed by atoms with Crippen LogP contribution in [0.1, 0.15) is 17.5 Å². The van der Waals surface area contributed by atoms with E-state index in [9.17, 15) is 4.79 Å². The second-order valence-corrected chi connectivity index (χ2v) is 3.42. The molecule has 1 aliphatic rings. The average molecular weight is 202 g/mol. The number of carboxylic acid groups (broad SMARTS) is 1. The van der Waals surface area contributed by atoms with Gasteiger partial charge in [-0.05, 0) is 24.5 Å². The van der Waals surface area contributed by atoms with Crippen LogP contribution < -0.4 is 4.74 Å². The highest BCUT2D eigenvalue weighted by atomic mass is 16.5. The Morgan fingerprint density at radius 1 is 1.60 bits per heavy atom. The Hall–Kier alpha value is -1.95. The molecule has 1 aromatic carbocycles. The number of para-hydroxylation sites is 1. The molecular formula is C12H10O3. The predicted molar refractivity (Wildman–Crippen MR) is 54.7 cm³/mol. The third-order valence-electron chi connectivity index (χ3n) is 2.46. The molecule has 0 radical (unpaired) electrons. The van der Waals surface area contributed by atoms with E-state index in [1.54, 1.807) is 6.07 Å². The van der Waals surface area contributed by atoms with Crippen LogP contribution in [0.5, 0.6) is 5.75 Å². The monoisotopic (exact) mass is 202 g/mol. The lowest BCUT2D eigenvalue weighted by Crippen LogP contribution is -2.31. The first kappa shape index (κ1) is 9.60. The molecule has 0 amide bonds. The zero-order valence-electron chi connectivity index (χ0n) is 8.06. The summed E-state index contributed by atoms with van der Waals surface area (Å²) < 4.78 is 5.37. The van der Waals surface area contributed by atoms with E-state index in [4.69, 9.17) is 16.3 Å². The molecule has 1 unspecified atom stereocenters. The van der Waals surface area contributed by atoms with Gasteiger partial charge in [0.15, 0.2) is 6.10 Å². The summed E-state index contributed by atoms with van der Waals surface area (Å²) in [5.41, 5.74) is 1.61. The maximum atomic E-state index is 10.8. The molecule has 1 aliphatic heterocycles. The summed E-state index contributed by atoms with van der Waals surface area (Å²) in [6.45, 7) is 0. The fourth-order valence-corrected chi connectivity index (χ4v) is 1.70. The van der Waals surface area contributed by atoms with Gasteiger partial charge in [0.1, 0.15) is 5.75 Å². The number of ether oxygens (including phenoxy) is 1. The molecule has 0 saturated carbocycles. The average Bonchev–Trinajstić information content (AvgIpc) is 2.27.